The van der Waals surface area contributed by atoms with E-state index in [0.717, 1.165) is 25.7 Å². The van der Waals surface area contributed by atoms with Gasteiger partial charge in [0, 0.05) is 32.3 Å². The average Bonchev–Trinajstić information content (AvgIpc) is 3.21. The summed E-state index contributed by atoms with van der Waals surface area (Å²) in [6, 6.07) is 20.9. The van der Waals surface area contributed by atoms with E-state index in [1.807, 2.05) is 12.1 Å². The molecule has 2 rings (SSSR count). The van der Waals surface area contributed by atoms with Gasteiger partial charge in [-0.3, -0.25) is 0 Å². The molecule has 334 valence electrons. The molecule has 4 N–H and O–H groups in total. The van der Waals surface area contributed by atoms with Crippen molar-refractivity contribution < 1.29 is 29.0 Å². The standard InChI is InChI=1S/2C26H45NOS.Zn/c2*1-2-3-4-5-6-7-8-9-10-11-12-13-14-15-19-22-25(28-26(27)29)23-24-20-17-16-18-21-24;/h2*16-18,20-21,25H,2-15,19,22-23H2,1H3,(H2,27,29);. The van der Waals surface area contributed by atoms with Crippen molar-refractivity contribution in [2.75, 3.05) is 0 Å². The fraction of sp³-hybridized carbons (Fsp3) is 0.731. The summed E-state index contributed by atoms with van der Waals surface area (Å²) in [4.78, 5) is 0. The van der Waals surface area contributed by atoms with Crippen LogP contribution in [0.25, 0.3) is 0 Å². The zero-order valence-electron chi connectivity index (χ0n) is 38.5. The molecular formula is C52H90N2O2S2Zn. The van der Waals surface area contributed by atoms with Crippen LogP contribution in [-0.4, -0.2) is 22.6 Å². The predicted octanol–water partition coefficient (Wildman–Crippen LogP) is 16.2. The zero-order valence-corrected chi connectivity index (χ0v) is 43.1. The van der Waals surface area contributed by atoms with Crippen LogP contribution >= 0.6 is 24.4 Å². The maximum atomic E-state index is 5.68. The molecule has 0 fully saturated rings. The Bertz CT molecular complexity index is 1080. The van der Waals surface area contributed by atoms with E-state index in [1.54, 1.807) is 0 Å². The number of hydrogen-bond acceptors (Lipinski definition) is 4. The fourth-order valence-corrected chi connectivity index (χ4v) is 8.25. The molecule has 2 atom stereocenters. The van der Waals surface area contributed by atoms with Crippen molar-refractivity contribution in [2.24, 2.45) is 11.5 Å². The summed E-state index contributed by atoms with van der Waals surface area (Å²) in [5.41, 5.74) is 13.8. The van der Waals surface area contributed by atoms with E-state index in [2.05, 4.69) is 62.4 Å². The van der Waals surface area contributed by atoms with Crippen LogP contribution in [-0.2, 0) is 41.8 Å². The van der Waals surface area contributed by atoms with Crippen LogP contribution in [0, 0.1) is 0 Å². The molecule has 0 aliphatic heterocycles. The number of nitrogens with two attached hydrogens (primary N) is 2. The molecule has 4 nitrogen and oxygen atoms in total. The van der Waals surface area contributed by atoms with Crippen molar-refractivity contribution in [2.45, 2.75) is 244 Å². The monoisotopic (exact) mass is 903 g/mol. The Labute approximate surface area is 389 Å². The summed E-state index contributed by atoms with van der Waals surface area (Å²) in [6.45, 7) is 4.57. The van der Waals surface area contributed by atoms with E-state index >= 15 is 0 Å². The first-order chi connectivity index (χ1) is 28.4. The summed E-state index contributed by atoms with van der Waals surface area (Å²) < 4.78 is 11.4. The van der Waals surface area contributed by atoms with Crippen LogP contribution < -0.4 is 11.5 Å². The first-order valence-electron chi connectivity index (χ1n) is 24.4. The van der Waals surface area contributed by atoms with E-state index in [4.69, 9.17) is 45.4 Å². The molecule has 0 radical (unpaired) electrons. The molecule has 2 aromatic rings. The van der Waals surface area contributed by atoms with E-state index in [1.165, 1.54) is 204 Å². The van der Waals surface area contributed by atoms with E-state index in [0.29, 0.717) is 0 Å². The third-order valence-electron chi connectivity index (χ3n) is 11.4. The minimum absolute atomic E-state index is 0. The summed E-state index contributed by atoms with van der Waals surface area (Å²) in [7, 11) is 0. The second kappa shape index (κ2) is 44.5. The maximum Gasteiger partial charge on any atom is 0.254 e. The Morgan fingerprint density at radius 2 is 0.610 bits per heavy atom. The van der Waals surface area contributed by atoms with Crippen LogP contribution in [0.5, 0.6) is 0 Å². The summed E-state index contributed by atoms with van der Waals surface area (Å²) >= 11 is 9.91. The number of hydrogen-bond donors (Lipinski definition) is 2. The molecule has 0 aliphatic rings. The minimum atomic E-state index is 0. The van der Waals surface area contributed by atoms with Crippen LogP contribution in [0.2, 0.25) is 0 Å². The molecule has 2 aromatic carbocycles. The molecule has 0 aromatic heterocycles. The van der Waals surface area contributed by atoms with Gasteiger partial charge in [0.2, 0.25) is 0 Å². The third-order valence-corrected chi connectivity index (χ3v) is 11.6. The molecule has 0 spiro atoms. The molecule has 0 saturated heterocycles. The molecule has 0 saturated carbocycles. The van der Waals surface area contributed by atoms with Gasteiger partial charge in [-0.25, -0.2) is 0 Å². The largest absolute Gasteiger partial charge is 0.468 e. The van der Waals surface area contributed by atoms with Gasteiger partial charge in [0.05, 0.1) is 0 Å². The summed E-state index contributed by atoms with van der Waals surface area (Å²) in [5.74, 6) is 0. The SMILES string of the molecule is CCCCCCCCCCCCCCCCCC(Cc1ccccc1)OC(N)=S.CCCCCCCCCCCCCCCCCC(Cc1ccccc1)OC(N)=S.[Zn]. The van der Waals surface area contributed by atoms with Crippen molar-refractivity contribution in [1.29, 1.82) is 0 Å². The predicted molar refractivity (Wildman–Crippen MR) is 263 cm³/mol. The van der Waals surface area contributed by atoms with Crippen molar-refractivity contribution in [3.63, 3.8) is 0 Å². The van der Waals surface area contributed by atoms with Crippen molar-refractivity contribution in [1.82, 2.24) is 0 Å². The van der Waals surface area contributed by atoms with Crippen LogP contribution in [0.4, 0.5) is 0 Å². The first kappa shape index (κ1) is 57.4. The Balaban J connectivity index is 0.00000112. The molecule has 7 heteroatoms. The van der Waals surface area contributed by atoms with Crippen molar-refractivity contribution in [3.05, 3.63) is 71.8 Å². The molecule has 0 bridgehead atoms. The maximum absolute atomic E-state index is 5.68. The first-order valence-corrected chi connectivity index (χ1v) is 25.3. The summed E-state index contributed by atoms with van der Waals surface area (Å²) in [6.07, 6.45) is 45.7. The van der Waals surface area contributed by atoms with Gasteiger partial charge in [0.25, 0.3) is 10.3 Å². The number of unbranched alkanes of at least 4 members (excludes halogenated alkanes) is 28. The summed E-state index contributed by atoms with van der Waals surface area (Å²) in [5, 5.41) is 0.346. The smallest absolute Gasteiger partial charge is 0.254 e. The van der Waals surface area contributed by atoms with Gasteiger partial charge >= 0.3 is 0 Å². The van der Waals surface area contributed by atoms with Gasteiger partial charge in [-0.2, -0.15) is 0 Å². The normalized spacial score (nSPS) is 11.8. The quantitative estimate of drug-likeness (QED) is 0.0397. The Hall–Kier alpha value is -1.56. The second-order valence-electron chi connectivity index (χ2n) is 17.0. The van der Waals surface area contributed by atoms with E-state index in [-0.39, 0.29) is 42.0 Å². The van der Waals surface area contributed by atoms with Crippen LogP contribution in [0.3, 0.4) is 0 Å². The van der Waals surface area contributed by atoms with Gasteiger partial charge in [-0.1, -0.05) is 254 Å². The van der Waals surface area contributed by atoms with Crippen LogP contribution in [0.15, 0.2) is 60.7 Å². The number of thiocarbonyl (C=S) groups is 2. The Morgan fingerprint density at radius 3 is 0.831 bits per heavy atom. The van der Waals surface area contributed by atoms with E-state index in [9.17, 15) is 0 Å². The molecule has 2 unspecified atom stereocenters. The second-order valence-corrected chi connectivity index (χ2v) is 17.8. The van der Waals surface area contributed by atoms with Gasteiger partial charge in [0.15, 0.2) is 0 Å². The molecule has 0 heterocycles. The fourth-order valence-electron chi connectivity index (χ4n) is 7.97. The Kier molecular flexibility index (Phi) is 43.3. The Morgan fingerprint density at radius 1 is 0.390 bits per heavy atom. The number of ether oxygens (including phenoxy) is 2. The average molecular weight is 905 g/mol. The number of rotatable bonds is 38. The molecule has 59 heavy (non-hydrogen) atoms. The molecule has 0 amide bonds. The van der Waals surface area contributed by atoms with E-state index < -0.39 is 0 Å². The van der Waals surface area contributed by atoms with Crippen molar-refractivity contribution in [3.8, 4) is 0 Å². The molecular weight excluding hydrogens is 814 g/mol. The molecule has 0 aliphatic carbocycles. The number of benzene rings is 2. The van der Waals surface area contributed by atoms with Gasteiger partial charge in [-0.05, 0) is 61.2 Å². The van der Waals surface area contributed by atoms with Gasteiger partial charge < -0.3 is 20.9 Å². The third kappa shape index (κ3) is 40.3. The topological polar surface area (TPSA) is 70.5 Å². The zero-order chi connectivity index (χ0) is 42.0. The van der Waals surface area contributed by atoms with Crippen molar-refractivity contribution >= 4 is 34.8 Å². The van der Waals surface area contributed by atoms with Crippen LogP contribution in [0.1, 0.15) is 230 Å². The van der Waals surface area contributed by atoms with Gasteiger partial charge in [-0.15, -0.1) is 0 Å². The van der Waals surface area contributed by atoms with Gasteiger partial charge in [0.1, 0.15) is 12.2 Å². The minimum Gasteiger partial charge on any atom is -0.468 e.